The molecule has 0 unspecified atom stereocenters. The number of hydrogen-bond acceptors (Lipinski definition) is 0. The van der Waals surface area contributed by atoms with E-state index in [-0.39, 0.29) is 31.1 Å². The van der Waals surface area contributed by atoms with E-state index in [1.165, 1.54) is 6.42 Å². The zero-order valence-corrected chi connectivity index (χ0v) is 2.71. The van der Waals surface area contributed by atoms with E-state index < -0.39 is 0 Å². The van der Waals surface area contributed by atoms with Gasteiger partial charge in [0, 0.05) is 4.40 Å². The molecule has 0 saturated heterocycles. The highest BCUT2D eigenvalue weighted by Gasteiger charge is 1.35. The Labute approximate surface area is 55.5 Å². The van der Waals surface area contributed by atoms with Crippen molar-refractivity contribution in [2.75, 3.05) is 0 Å². The largest absolute Gasteiger partial charge is 0.0776 e. The molecule has 0 aliphatic rings. The first kappa shape index (κ1) is 28.0. The van der Waals surface area contributed by atoms with E-state index in [0.29, 0.717) is 0 Å². The topological polar surface area (TPSA) is 0 Å². The van der Waals surface area contributed by atoms with Gasteiger partial charge in [0.1, 0.15) is 0 Å². The molecule has 0 atom stereocenters. The van der Waals surface area contributed by atoms with Crippen LogP contribution >= 0.6 is 0 Å². The highest BCUT2D eigenvalue weighted by Crippen LogP contribution is 1.56. The van der Waals surface area contributed by atoms with E-state index in [1.54, 1.807) is 0 Å². The molecular weight excluding hydrogens is 84.1 g/mol. The van der Waals surface area contributed by atoms with Gasteiger partial charge in [-0.15, -0.1) is 0 Å². The minimum atomic E-state index is 0. The Morgan fingerprint density at radius 2 is 1.00 bits per heavy atom. The van der Waals surface area contributed by atoms with Crippen molar-refractivity contribution >= 4 is 0 Å². The van der Waals surface area contributed by atoms with Crippen LogP contribution in [0.15, 0.2) is 0 Å². The fraction of sp³-hybridized carbons (Fsp3) is 1.00. The summed E-state index contributed by atoms with van der Waals surface area (Å²) in [6, 6.07) is 0. The Kier molecular flexibility index (Phi) is 600. The van der Waals surface area contributed by atoms with Gasteiger partial charge < -0.3 is 0 Å². The van der Waals surface area contributed by atoms with Crippen LogP contribution in [-0.4, -0.2) is 0 Å². The predicted octanol–water partition coefficient (Wildman–Crippen LogP) is 4.45. The van der Waals surface area contributed by atoms with Gasteiger partial charge in [-0.1, -0.05) is 50.0 Å². The van der Waals surface area contributed by atoms with Crippen LogP contribution in [0, 0.1) is 0 Å². The normalized spacial score (nSPS) is 3.71. The van der Waals surface area contributed by atoms with Crippen molar-refractivity contribution in [3.8, 4) is 0 Å². The van der Waals surface area contributed by atoms with Gasteiger partial charge in [0.05, 0.1) is 0 Å². The van der Waals surface area contributed by atoms with Crippen LogP contribution in [0.4, 0.5) is 0 Å². The fourth-order valence-electron chi connectivity index (χ4n) is 0. The van der Waals surface area contributed by atoms with E-state index >= 15 is 0 Å². The third-order valence-corrected chi connectivity index (χ3v) is 0. The molecule has 0 nitrogen and oxygen atoms in total. The van der Waals surface area contributed by atoms with Gasteiger partial charge in [0.15, 0.2) is 0 Å². The van der Waals surface area contributed by atoms with Crippen LogP contribution < -0.4 is 0 Å². The summed E-state index contributed by atoms with van der Waals surface area (Å²) < 4.78 is 10.0. The van der Waals surface area contributed by atoms with Crippen molar-refractivity contribution < 1.29 is 4.40 Å². The maximum atomic E-state index is 5.00. The lowest BCUT2D eigenvalue weighted by Gasteiger charge is -1.48. The Hall–Kier alpha value is 0. The second-order valence-corrected chi connectivity index (χ2v) is 0.707. The van der Waals surface area contributed by atoms with Crippen LogP contribution in [0.2, 0.25) is 0 Å². The average Bonchev–Trinajstić information content (AvgIpc) is 1.46. The average molecular weight is 118 g/mol. The van der Waals surface area contributed by atoms with Crippen LogP contribution in [0.3, 0.4) is 0 Å². The Balaban J connectivity index is -0.00000000246. The van der Waals surface area contributed by atoms with Crippen LogP contribution in [0.1, 0.15) is 54.4 Å². The molecule has 0 bridgehead atoms. The lowest BCUT2D eigenvalue weighted by Crippen LogP contribution is -1.27. The summed E-state index contributed by atoms with van der Waals surface area (Å²) in [5.41, 5.74) is 0. The molecule has 0 aliphatic heterocycles. The monoisotopic (exact) mass is 118 g/mol. The minimum absolute atomic E-state index is 0. The van der Waals surface area contributed by atoms with Gasteiger partial charge in [-0.25, -0.2) is 0 Å². The fourth-order valence-corrected chi connectivity index (χ4v) is 0. The molecule has 0 amide bonds. The van der Waals surface area contributed by atoms with Crippen molar-refractivity contribution in [3.63, 3.8) is 0 Å². The molecule has 0 N–H and O–H groups in total. The Morgan fingerprint density at radius 1 is 1.00 bits per heavy atom. The summed E-state index contributed by atoms with van der Waals surface area (Å²) in [4.78, 5) is 0. The summed E-state index contributed by atoms with van der Waals surface area (Å²) in [5, 5.41) is 0. The maximum Gasteiger partial charge on any atom is 0 e. The molecule has 7 heavy (non-hydrogen) atoms. The second-order valence-electron chi connectivity index (χ2n) is 0.707. The van der Waals surface area contributed by atoms with Crippen molar-refractivity contribution in [1.29, 1.82) is 0 Å². The van der Waals surface area contributed by atoms with Gasteiger partial charge >= 0.3 is 0 Å². The van der Waals surface area contributed by atoms with Crippen molar-refractivity contribution in [3.05, 3.63) is 0 Å². The van der Waals surface area contributed by atoms with E-state index in [4.69, 9.17) is 2.97 Å². The predicted molar refractivity (Wildman–Crippen MR) is 47.1 cm³/mol. The molecule has 0 radical (unpaired) electrons. The lowest BCUT2D eigenvalue weighted by atomic mass is 10.6. The van der Waals surface area contributed by atoms with E-state index in [1.807, 2.05) is 0 Å². The molecule has 0 aliphatic carbocycles. The van der Waals surface area contributed by atoms with Gasteiger partial charge in [-0.2, -0.15) is 0 Å². The zero-order chi connectivity index (χ0) is 4.71. The van der Waals surface area contributed by atoms with Crippen molar-refractivity contribution in [2.24, 2.45) is 0 Å². The van der Waals surface area contributed by atoms with Crippen LogP contribution in [0.5, 0.6) is 0 Å². The minimum Gasteiger partial charge on any atom is -0.0776 e. The smallest absolute Gasteiger partial charge is 0 e. The van der Waals surface area contributed by atoms with Gasteiger partial charge in [-0.05, 0) is 0 Å². The summed E-state index contributed by atoms with van der Waals surface area (Å²) in [6.45, 7) is 4.25. The molecule has 0 rings (SSSR count). The summed E-state index contributed by atoms with van der Waals surface area (Å²) in [7, 11) is 0. The number of rotatable bonds is 0. The first-order valence-electron chi connectivity index (χ1n) is 2.41. The van der Waals surface area contributed by atoms with Gasteiger partial charge in [0.25, 0.3) is 0 Å². The molecule has 0 heteroatoms. The third kappa shape index (κ3) is 0. The molecule has 0 heterocycles. The molecule has 0 aromatic carbocycles. The first-order chi connectivity index (χ1) is 2.41. The third-order valence-electron chi connectivity index (χ3n) is 0. The quantitative estimate of drug-likeness (QED) is 0.441. The van der Waals surface area contributed by atoms with E-state index in [9.17, 15) is 0 Å². The molecular formula is C7H28. The second kappa shape index (κ2) is 150. The van der Waals surface area contributed by atoms with E-state index in [2.05, 4.69) is 13.8 Å². The van der Waals surface area contributed by atoms with Gasteiger partial charge in [-0.3, -0.25) is 0 Å². The van der Waals surface area contributed by atoms with E-state index in [0.717, 1.165) is 0 Å². The number of hydrogen-bond donors (Lipinski definition) is 0. The molecule has 0 fully saturated rings. The molecule has 0 aromatic rings. The zero-order valence-electron chi connectivity index (χ0n) is 4.71. The van der Waals surface area contributed by atoms with Crippen LogP contribution in [-0.2, 0) is 0 Å². The summed E-state index contributed by atoms with van der Waals surface area (Å²) in [6.07, 6.45) is 1.25. The Bertz CT molecular complexity index is 8.81. The molecule has 56 valence electrons. The lowest BCUT2D eigenvalue weighted by molar-refractivity contribution is 1.09. The highest BCUT2D eigenvalue weighted by atomic mass is 13.4. The standard InChI is InChI=1S/C3H8.4CH4.2H2/c1-3-2;;;;;;/h3H2,1-2H3;4*1H4;2*1H/i;;;;;1+2T;1+2. The summed E-state index contributed by atoms with van der Waals surface area (Å²) >= 11 is 0. The van der Waals surface area contributed by atoms with Gasteiger partial charge in [0.2, 0.25) is 0 Å². The maximum absolute atomic E-state index is 5.00. The van der Waals surface area contributed by atoms with Crippen molar-refractivity contribution in [2.45, 2.75) is 50.0 Å². The molecule has 0 aromatic heterocycles. The Morgan fingerprint density at radius 3 is 1.00 bits per heavy atom. The first-order valence-corrected chi connectivity index (χ1v) is 1.41. The van der Waals surface area contributed by atoms with Crippen molar-refractivity contribution in [1.82, 2.24) is 0 Å². The molecule has 0 saturated carbocycles. The summed E-state index contributed by atoms with van der Waals surface area (Å²) in [5.74, 6) is 0. The highest BCUT2D eigenvalue weighted by molar-refractivity contribution is 3.92. The SMILES string of the molecule is C.C.C.C.CCC.[3HH].[3H][3H]. The van der Waals surface area contributed by atoms with Crippen LogP contribution in [0.25, 0.3) is 0 Å². The molecule has 0 spiro atoms.